The monoisotopic (exact) mass is 373 g/mol. The van der Waals surface area contributed by atoms with E-state index in [9.17, 15) is 9.59 Å². The highest BCUT2D eigenvalue weighted by atomic mass is 32.1. The summed E-state index contributed by atoms with van der Waals surface area (Å²) in [5.74, 6) is 0.770. The first-order valence-corrected chi connectivity index (χ1v) is 9.79. The summed E-state index contributed by atoms with van der Waals surface area (Å²) in [6, 6.07) is 4.04. The second-order valence-corrected chi connectivity index (χ2v) is 8.23. The lowest BCUT2D eigenvalue weighted by molar-refractivity contribution is -0.122. The molecule has 138 valence electrons. The molecule has 1 fully saturated rings. The molecule has 26 heavy (non-hydrogen) atoms. The Labute approximate surface area is 155 Å². The van der Waals surface area contributed by atoms with Gasteiger partial charge in [-0.15, -0.1) is 11.3 Å². The number of carbonyl (C=O) groups is 1. The number of fused-ring (bicyclic) bond motifs is 3. The van der Waals surface area contributed by atoms with Crippen LogP contribution in [0.2, 0.25) is 0 Å². The Balaban J connectivity index is 1.70. The van der Waals surface area contributed by atoms with Gasteiger partial charge in [0.05, 0.1) is 0 Å². The van der Waals surface area contributed by atoms with E-state index < -0.39 is 0 Å². The summed E-state index contributed by atoms with van der Waals surface area (Å²) in [6.07, 6.45) is 0.940. The fourth-order valence-electron chi connectivity index (χ4n) is 3.60. The van der Waals surface area contributed by atoms with Gasteiger partial charge < -0.3 is 10.2 Å². The van der Waals surface area contributed by atoms with Gasteiger partial charge in [0, 0.05) is 23.9 Å². The molecule has 0 aliphatic carbocycles. The van der Waals surface area contributed by atoms with E-state index in [4.69, 9.17) is 0 Å². The van der Waals surface area contributed by atoms with Crippen molar-refractivity contribution in [3.8, 4) is 0 Å². The summed E-state index contributed by atoms with van der Waals surface area (Å²) in [7, 11) is 2.04. The average Bonchev–Trinajstić information content (AvgIpc) is 3.26. The van der Waals surface area contributed by atoms with Gasteiger partial charge >= 0.3 is 0 Å². The van der Waals surface area contributed by atoms with Crippen molar-refractivity contribution in [1.82, 2.24) is 24.4 Å². The normalized spacial score (nSPS) is 18.4. The number of rotatable bonds is 4. The molecule has 8 heteroatoms. The minimum atomic E-state index is -0.225. The predicted molar refractivity (Wildman–Crippen MR) is 103 cm³/mol. The standard InChI is InChI=1S/C18H23N5O2S/c1-11(2)16-20-22(10-15(24)19-13-4-6-21(3)9-13)17(25)14-8-12-5-7-26-18(12)23(14)16/h5,7-8,11,13H,4,6,9-10H2,1-3H3,(H,19,24)/t13-/m1/s1. The Kier molecular flexibility index (Phi) is 4.32. The minimum Gasteiger partial charge on any atom is -0.350 e. The zero-order valence-corrected chi connectivity index (χ0v) is 16.0. The minimum absolute atomic E-state index is 0.0475. The first-order chi connectivity index (χ1) is 12.4. The highest BCUT2D eigenvalue weighted by Crippen LogP contribution is 2.26. The summed E-state index contributed by atoms with van der Waals surface area (Å²) in [6.45, 7) is 5.87. The smallest absolute Gasteiger partial charge is 0.291 e. The molecule has 7 nitrogen and oxygen atoms in total. The van der Waals surface area contributed by atoms with Gasteiger partial charge in [0.1, 0.15) is 22.7 Å². The van der Waals surface area contributed by atoms with Crippen molar-refractivity contribution in [2.75, 3.05) is 20.1 Å². The first kappa shape index (κ1) is 17.2. The van der Waals surface area contributed by atoms with Crippen molar-refractivity contribution in [1.29, 1.82) is 0 Å². The number of likely N-dealkylation sites (tertiary alicyclic amines) is 1. The fraction of sp³-hybridized carbons (Fsp3) is 0.500. The molecule has 0 aromatic carbocycles. The summed E-state index contributed by atoms with van der Waals surface area (Å²) >= 11 is 1.60. The fourth-order valence-corrected chi connectivity index (χ4v) is 4.50. The second-order valence-electron chi connectivity index (χ2n) is 7.34. The van der Waals surface area contributed by atoms with Crippen LogP contribution in [0.3, 0.4) is 0 Å². The first-order valence-electron chi connectivity index (χ1n) is 8.91. The zero-order valence-electron chi connectivity index (χ0n) is 15.2. The van der Waals surface area contributed by atoms with Crippen LogP contribution in [0.1, 0.15) is 32.0 Å². The third-order valence-corrected chi connectivity index (χ3v) is 5.80. The maximum absolute atomic E-state index is 12.9. The molecule has 0 unspecified atom stereocenters. The molecule has 4 heterocycles. The molecule has 1 aliphatic heterocycles. The number of aromatic nitrogens is 3. The van der Waals surface area contributed by atoms with Gasteiger partial charge in [-0.05, 0) is 37.5 Å². The molecule has 0 spiro atoms. The van der Waals surface area contributed by atoms with Crippen molar-refractivity contribution in [2.45, 2.75) is 38.8 Å². The largest absolute Gasteiger partial charge is 0.350 e. The van der Waals surface area contributed by atoms with Crippen LogP contribution < -0.4 is 10.9 Å². The van der Waals surface area contributed by atoms with Crippen LogP contribution in [0.15, 0.2) is 22.3 Å². The number of carbonyl (C=O) groups excluding carboxylic acids is 1. The van der Waals surface area contributed by atoms with Crippen LogP contribution in [-0.4, -0.2) is 51.2 Å². The Morgan fingerprint density at radius 1 is 1.46 bits per heavy atom. The highest BCUT2D eigenvalue weighted by molar-refractivity contribution is 7.16. The van der Waals surface area contributed by atoms with Crippen LogP contribution in [0.25, 0.3) is 15.7 Å². The molecule has 3 aromatic heterocycles. The zero-order chi connectivity index (χ0) is 18.4. The third-order valence-electron chi connectivity index (χ3n) is 4.88. The number of likely N-dealkylation sites (N-methyl/N-ethyl adjacent to an activating group) is 1. The van der Waals surface area contributed by atoms with Gasteiger partial charge in [-0.3, -0.25) is 14.0 Å². The van der Waals surface area contributed by atoms with Crippen LogP contribution in [0.4, 0.5) is 0 Å². The number of nitrogens with zero attached hydrogens (tertiary/aromatic N) is 4. The number of hydrogen-bond donors (Lipinski definition) is 1. The third kappa shape index (κ3) is 2.93. The van der Waals surface area contributed by atoms with Gasteiger partial charge in [0.2, 0.25) is 5.91 Å². The molecule has 4 rings (SSSR count). The van der Waals surface area contributed by atoms with Crippen LogP contribution in [-0.2, 0) is 11.3 Å². The van der Waals surface area contributed by atoms with Gasteiger partial charge in [0.25, 0.3) is 5.56 Å². The van der Waals surface area contributed by atoms with Crippen molar-refractivity contribution in [3.05, 3.63) is 33.7 Å². The van der Waals surface area contributed by atoms with E-state index in [0.717, 1.165) is 35.6 Å². The number of thiophene rings is 1. The second kappa shape index (κ2) is 6.51. The average molecular weight is 373 g/mol. The van der Waals surface area contributed by atoms with Crippen LogP contribution in [0, 0.1) is 0 Å². The Bertz CT molecular complexity index is 1030. The topological polar surface area (TPSA) is 71.6 Å². The molecule has 0 bridgehead atoms. The SMILES string of the molecule is CC(C)c1nn(CC(=O)N[C@@H]2CCN(C)C2)c(=O)c2cc3ccsc3n12. The quantitative estimate of drug-likeness (QED) is 0.755. The molecule has 1 saturated heterocycles. The molecule has 1 amide bonds. The highest BCUT2D eigenvalue weighted by Gasteiger charge is 2.22. The van der Waals surface area contributed by atoms with E-state index in [1.165, 1.54) is 4.68 Å². The maximum atomic E-state index is 12.9. The summed E-state index contributed by atoms with van der Waals surface area (Å²) < 4.78 is 3.25. The van der Waals surface area contributed by atoms with E-state index in [1.807, 2.05) is 42.8 Å². The molecular formula is C18H23N5O2S. The van der Waals surface area contributed by atoms with Crippen molar-refractivity contribution >= 4 is 33.0 Å². The van der Waals surface area contributed by atoms with E-state index in [-0.39, 0.29) is 30.0 Å². The van der Waals surface area contributed by atoms with E-state index in [0.29, 0.717) is 5.52 Å². The lowest BCUT2D eigenvalue weighted by Gasteiger charge is -2.15. The van der Waals surface area contributed by atoms with Crippen LogP contribution >= 0.6 is 11.3 Å². The lowest BCUT2D eigenvalue weighted by Crippen LogP contribution is -2.41. The number of nitrogens with one attached hydrogen (secondary N) is 1. The maximum Gasteiger partial charge on any atom is 0.291 e. The van der Waals surface area contributed by atoms with E-state index in [2.05, 4.69) is 15.3 Å². The van der Waals surface area contributed by atoms with Crippen LogP contribution in [0.5, 0.6) is 0 Å². The van der Waals surface area contributed by atoms with Gasteiger partial charge in [-0.2, -0.15) is 5.10 Å². The van der Waals surface area contributed by atoms with Gasteiger partial charge in [-0.1, -0.05) is 13.8 Å². The van der Waals surface area contributed by atoms with E-state index >= 15 is 0 Å². The molecule has 1 N–H and O–H groups in total. The van der Waals surface area contributed by atoms with Crippen molar-refractivity contribution in [3.63, 3.8) is 0 Å². The molecule has 1 aliphatic rings. The molecular weight excluding hydrogens is 350 g/mol. The predicted octanol–water partition coefficient (Wildman–Crippen LogP) is 1.65. The molecule has 3 aromatic rings. The Morgan fingerprint density at radius 3 is 2.96 bits per heavy atom. The summed E-state index contributed by atoms with van der Waals surface area (Å²) in [5, 5.41) is 10.6. The van der Waals surface area contributed by atoms with Crippen molar-refractivity contribution in [2.24, 2.45) is 0 Å². The Morgan fingerprint density at radius 2 is 2.27 bits per heavy atom. The summed E-state index contributed by atoms with van der Waals surface area (Å²) in [4.78, 5) is 28.5. The number of amides is 1. The Hall–Kier alpha value is -2.19. The number of hydrogen-bond acceptors (Lipinski definition) is 5. The summed E-state index contributed by atoms with van der Waals surface area (Å²) in [5.41, 5.74) is 0.357. The van der Waals surface area contributed by atoms with Gasteiger partial charge in [-0.25, -0.2) is 4.68 Å². The van der Waals surface area contributed by atoms with Gasteiger partial charge in [0.15, 0.2) is 0 Å². The molecule has 0 radical (unpaired) electrons. The molecule has 1 atom stereocenters. The molecule has 0 saturated carbocycles. The van der Waals surface area contributed by atoms with Crippen molar-refractivity contribution < 1.29 is 4.79 Å². The van der Waals surface area contributed by atoms with E-state index in [1.54, 1.807) is 11.3 Å². The lowest BCUT2D eigenvalue weighted by atomic mass is 10.2.